The van der Waals surface area contributed by atoms with E-state index in [1.807, 2.05) is 40.6 Å². The summed E-state index contributed by atoms with van der Waals surface area (Å²) in [5.41, 5.74) is 1.90. The molecule has 8 heteroatoms. The van der Waals surface area contributed by atoms with Gasteiger partial charge in [-0.15, -0.1) is 11.3 Å². The SMILES string of the molecule is COc1cccc(CC(=O)N2CCc3nc(NC(=O)c4cccs4)sc3C2)c1. The minimum absolute atomic E-state index is 0.0801. The highest BCUT2D eigenvalue weighted by Gasteiger charge is 2.25. The standard InChI is InChI=1S/C20H19N3O3S2/c1-26-14-5-2-4-13(10-14)11-18(24)23-8-7-15-17(12-23)28-20(21-15)22-19(25)16-6-3-9-27-16/h2-6,9-10H,7-8,11-12H2,1H3,(H,21,22,25). The second-order valence-corrected chi connectivity index (χ2v) is 8.45. The van der Waals surface area contributed by atoms with Gasteiger partial charge in [0.1, 0.15) is 5.75 Å². The van der Waals surface area contributed by atoms with E-state index in [9.17, 15) is 9.59 Å². The summed E-state index contributed by atoms with van der Waals surface area (Å²) < 4.78 is 5.22. The maximum Gasteiger partial charge on any atom is 0.267 e. The van der Waals surface area contributed by atoms with E-state index in [0.717, 1.165) is 21.9 Å². The summed E-state index contributed by atoms with van der Waals surface area (Å²) in [4.78, 5) is 33.0. The number of nitrogens with zero attached hydrogens (tertiary/aromatic N) is 2. The number of hydrogen-bond donors (Lipinski definition) is 1. The zero-order chi connectivity index (χ0) is 19.5. The van der Waals surface area contributed by atoms with Crippen LogP contribution in [-0.2, 0) is 24.2 Å². The van der Waals surface area contributed by atoms with Gasteiger partial charge in [-0.2, -0.15) is 0 Å². The van der Waals surface area contributed by atoms with Gasteiger partial charge in [-0.3, -0.25) is 14.9 Å². The number of fused-ring (bicyclic) bond motifs is 1. The molecule has 0 saturated carbocycles. The maximum absolute atomic E-state index is 12.7. The number of carbonyl (C=O) groups is 2. The number of thiophene rings is 1. The first-order valence-corrected chi connectivity index (χ1v) is 10.6. The molecule has 0 saturated heterocycles. The number of nitrogens with one attached hydrogen (secondary N) is 1. The molecule has 1 aliphatic rings. The van der Waals surface area contributed by atoms with Crippen LogP contribution in [0.2, 0.25) is 0 Å². The van der Waals surface area contributed by atoms with Gasteiger partial charge in [-0.25, -0.2) is 4.98 Å². The normalized spacial score (nSPS) is 13.1. The summed E-state index contributed by atoms with van der Waals surface area (Å²) >= 11 is 2.84. The fraction of sp³-hybridized carbons (Fsp3) is 0.250. The maximum atomic E-state index is 12.7. The molecule has 6 nitrogen and oxygen atoms in total. The molecule has 0 atom stereocenters. The van der Waals surface area contributed by atoms with Crippen LogP contribution in [-0.4, -0.2) is 35.4 Å². The molecule has 0 spiro atoms. The summed E-state index contributed by atoms with van der Waals surface area (Å²) in [5.74, 6) is 0.684. The molecule has 4 rings (SSSR count). The minimum Gasteiger partial charge on any atom is -0.497 e. The molecule has 28 heavy (non-hydrogen) atoms. The zero-order valence-electron chi connectivity index (χ0n) is 15.3. The largest absolute Gasteiger partial charge is 0.497 e. The third-order valence-corrected chi connectivity index (χ3v) is 6.41. The number of methoxy groups -OCH3 is 1. The Hall–Kier alpha value is -2.71. The summed E-state index contributed by atoms with van der Waals surface area (Å²) in [5, 5.41) is 5.32. The third kappa shape index (κ3) is 4.07. The van der Waals surface area contributed by atoms with Gasteiger partial charge < -0.3 is 9.64 Å². The number of hydrogen-bond acceptors (Lipinski definition) is 6. The van der Waals surface area contributed by atoms with E-state index in [0.29, 0.717) is 35.9 Å². The molecule has 0 fully saturated rings. The highest BCUT2D eigenvalue weighted by atomic mass is 32.1. The Kier molecular flexibility index (Phi) is 5.40. The number of benzene rings is 1. The van der Waals surface area contributed by atoms with Crippen LogP contribution in [0.1, 0.15) is 25.8 Å². The number of aromatic nitrogens is 1. The van der Waals surface area contributed by atoms with Gasteiger partial charge in [0, 0.05) is 17.8 Å². The van der Waals surface area contributed by atoms with E-state index < -0.39 is 0 Å². The molecule has 3 aromatic rings. The third-order valence-electron chi connectivity index (χ3n) is 4.54. The number of anilines is 1. The Balaban J connectivity index is 1.41. The molecule has 1 aromatic carbocycles. The van der Waals surface area contributed by atoms with Crippen LogP contribution in [0.25, 0.3) is 0 Å². The molecule has 0 aliphatic carbocycles. The highest BCUT2D eigenvalue weighted by Crippen LogP contribution is 2.29. The first-order valence-electron chi connectivity index (χ1n) is 8.86. The van der Waals surface area contributed by atoms with Crippen LogP contribution in [0.4, 0.5) is 5.13 Å². The summed E-state index contributed by atoms with van der Waals surface area (Å²) in [6, 6.07) is 11.2. The lowest BCUT2D eigenvalue weighted by Gasteiger charge is -2.26. The smallest absolute Gasteiger partial charge is 0.267 e. The van der Waals surface area contributed by atoms with E-state index in [2.05, 4.69) is 10.3 Å². The van der Waals surface area contributed by atoms with Crippen molar-refractivity contribution in [1.82, 2.24) is 9.88 Å². The van der Waals surface area contributed by atoms with Gasteiger partial charge in [0.15, 0.2) is 5.13 Å². The topological polar surface area (TPSA) is 71.5 Å². The van der Waals surface area contributed by atoms with Crippen molar-refractivity contribution in [2.24, 2.45) is 0 Å². The quantitative estimate of drug-likeness (QED) is 0.694. The molecule has 3 heterocycles. The molecule has 2 aromatic heterocycles. The van der Waals surface area contributed by atoms with Crippen molar-refractivity contribution in [2.75, 3.05) is 19.0 Å². The predicted molar refractivity (Wildman–Crippen MR) is 110 cm³/mol. The molecule has 0 radical (unpaired) electrons. The molecule has 1 N–H and O–H groups in total. The van der Waals surface area contributed by atoms with Crippen molar-refractivity contribution in [3.05, 3.63) is 62.8 Å². The Morgan fingerprint density at radius 1 is 1.29 bits per heavy atom. The first-order chi connectivity index (χ1) is 13.6. The number of amides is 2. The lowest BCUT2D eigenvalue weighted by atomic mass is 10.1. The summed E-state index contributed by atoms with van der Waals surface area (Å²) in [6.45, 7) is 1.17. The molecular weight excluding hydrogens is 394 g/mol. The number of rotatable bonds is 5. The van der Waals surface area contributed by atoms with Gasteiger partial charge in [0.2, 0.25) is 5.91 Å². The predicted octanol–water partition coefficient (Wildman–Crippen LogP) is 3.59. The van der Waals surface area contributed by atoms with Gasteiger partial charge in [0.25, 0.3) is 5.91 Å². The second kappa shape index (κ2) is 8.12. The van der Waals surface area contributed by atoms with Crippen molar-refractivity contribution in [2.45, 2.75) is 19.4 Å². The Labute approximate surface area is 170 Å². The molecule has 0 bridgehead atoms. The van der Waals surface area contributed by atoms with Crippen LogP contribution in [0.3, 0.4) is 0 Å². The van der Waals surface area contributed by atoms with Crippen LogP contribution in [0, 0.1) is 0 Å². The van der Waals surface area contributed by atoms with Crippen LogP contribution < -0.4 is 10.1 Å². The van der Waals surface area contributed by atoms with Crippen molar-refractivity contribution >= 4 is 39.6 Å². The van der Waals surface area contributed by atoms with Crippen LogP contribution >= 0.6 is 22.7 Å². The summed E-state index contributed by atoms with van der Waals surface area (Å²) in [7, 11) is 1.62. The molecular formula is C20H19N3O3S2. The Bertz CT molecular complexity index is 998. The number of carbonyl (C=O) groups excluding carboxylic acids is 2. The minimum atomic E-state index is -0.146. The molecule has 144 valence electrons. The average molecular weight is 414 g/mol. The van der Waals surface area contributed by atoms with E-state index in [1.165, 1.54) is 22.7 Å². The fourth-order valence-corrected chi connectivity index (χ4v) is 4.73. The van der Waals surface area contributed by atoms with Crippen molar-refractivity contribution < 1.29 is 14.3 Å². The summed E-state index contributed by atoms with van der Waals surface area (Å²) in [6.07, 6.45) is 1.04. The number of thiazole rings is 1. The van der Waals surface area contributed by atoms with E-state index in [1.54, 1.807) is 13.2 Å². The molecule has 0 unspecified atom stereocenters. The van der Waals surface area contributed by atoms with E-state index in [4.69, 9.17) is 4.74 Å². The first kappa shape index (κ1) is 18.6. The lowest BCUT2D eigenvalue weighted by molar-refractivity contribution is -0.131. The van der Waals surface area contributed by atoms with E-state index in [-0.39, 0.29) is 11.8 Å². The van der Waals surface area contributed by atoms with Crippen molar-refractivity contribution in [1.29, 1.82) is 0 Å². The van der Waals surface area contributed by atoms with Crippen LogP contribution in [0.15, 0.2) is 41.8 Å². The fourth-order valence-electron chi connectivity index (χ4n) is 3.10. The van der Waals surface area contributed by atoms with Gasteiger partial charge >= 0.3 is 0 Å². The van der Waals surface area contributed by atoms with Gasteiger partial charge in [0.05, 0.1) is 30.6 Å². The second-order valence-electron chi connectivity index (χ2n) is 6.41. The zero-order valence-corrected chi connectivity index (χ0v) is 16.9. The highest BCUT2D eigenvalue weighted by molar-refractivity contribution is 7.16. The molecule has 2 amide bonds. The Morgan fingerprint density at radius 3 is 2.96 bits per heavy atom. The van der Waals surface area contributed by atoms with Gasteiger partial charge in [-0.05, 0) is 29.1 Å². The monoisotopic (exact) mass is 413 g/mol. The van der Waals surface area contributed by atoms with Crippen LogP contribution in [0.5, 0.6) is 5.75 Å². The average Bonchev–Trinajstić information content (AvgIpc) is 3.37. The lowest BCUT2D eigenvalue weighted by Crippen LogP contribution is -2.36. The van der Waals surface area contributed by atoms with Gasteiger partial charge in [-0.1, -0.05) is 29.5 Å². The van der Waals surface area contributed by atoms with Crippen molar-refractivity contribution in [3.63, 3.8) is 0 Å². The van der Waals surface area contributed by atoms with E-state index >= 15 is 0 Å². The number of ether oxygens (including phenoxy) is 1. The molecule has 1 aliphatic heterocycles. The Morgan fingerprint density at radius 2 is 2.18 bits per heavy atom. The van der Waals surface area contributed by atoms with Crippen molar-refractivity contribution in [3.8, 4) is 5.75 Å².